The Morgan fingerprint density at radius 2 is 1.48 bits per heavy atom. The van der Waals surface area contributed by atoms with Crippen molar-refractivity contribution in [1.82, 2.24) is 9.78 Å². The standard InChI is InChI=1S/C14H17N3O2.C7H10N2.C7H9NO2.C7H12O3.C4H9O.C2H3N.ClH.K/c1-18-11-6-4-10(5-7-11)17-14(15)9-12(16-17)13-3-2-8-19-13;1-6-2-4-7(9-8)5-3-6;8-4-3-6(9)7-2-1-5-10-7;1-2-9-7(8)6-4-3-5-10-6;1-4(2,3)5;1-2-3;;/h4-7,9,13H,2-3,8,15H2,1H3;2-5,9H,8H2,1H3;7H,1-3,5H2;6H,2-5H2,1H3;1-3H3;1H3;1H;/q;;;;-1;;;+1. The third-order valence-electron chi connectivity index (χ3n) is 7.57. The van der Waals surface area contributed by atoms with Crippen LogP contribution in [0.3, 0.4) is 0 Å². The molecule has 3 aliphatic rings. The van der Waals surface area contributed by atoms with Gasteiger partial charge in [-0.15, -0.1) is 18.0 Å². The van der Waals surface area contributed by atoms with Gasteiger partial charge in [0.1, 0.15) is 23.8 Å². The van der Waals surface area contributed by atoms with E-state index in [4.69, 9.17) is 45.8 Å². The van der Waals surface area contributed by atoms with E-state index in [1.165, 1.54) is 12.5 Å². The maximum Gasteiger partial charge on any atom is 1.00 e. The van der Waals surface area contributed by atoms with Gasteiger partial charge < -0.3 is 40.0 Å². The van der Waals surface area contributed by atoms with E-state index >= 15 is 0 Å². The summed E-state index contributed by atoms with van der Waals surface area (Å²) >= 11 is 0. The molecule has 2 aromatic carbocycles. The number of aromatic nitrogens is 2. The Morgan fingerprint density at radius 3 is 1.91 bits per heavy atom. The molecule has 1 aromatic heterocycles. The van der Waals surface area contributed by atoms with E-state index in [9.17, 15) is 14.7 Å². The van der Waals surface area contributed by atoms with Crippen LogP contribution < -0.4 is 78.2 Å². The van der Waals surface area contributed by atoms with Crippen molar-refractivity contribution < 1.29 is 89.8 Å². The number of carbonyl (C=O) groups excluding carboxylic acids is 2. The summed E-state index contributed by atoms with van der Waals surface area (Å²) in [7, 11) is 1.65. The largest absolute Gasteiger partial charge is 1.00 e. The molecule has 0 saturated carbocycles. The van der Waals surface area contributed by atoms with Gasteiger partial charge in [-0.2, -0.15) is 15.6 Å². The molecular weight excluding hydrogens is 793 g/mol. The van der Waals surface area contributed by atoms with Gasteiger partial charge >= 0.3 is 57.4 Å². The molecular formula is C41H61ClKN7O8. The minimum atomic E-state index is -0.750. The Bertz CT molecular complexity index is 1620. The van der Waals surface area contributed by atoms with Crippen LogP contribution in [0.2, 0.25) is 0 Å². The number of nitrogen functional groups attached to an aromatic ring is 2. The second-order valence-electron chi connectivity index (χ2n) is 13.5. The van der Waals surface area contributed by atoms with Crippen molar-refractivity contribution in [3.05, 3.63) is 65.9 Å². The summed E-state index contributed by atoms with van der Waals surface area (Å²) in [6, 6.07) is 21.0. The number of nitrogens with one attached hydrogen (secondary N) is 1. The zero-order valence-corrected chi connectivity index (χ0v) is 39.3. The number of Topliss-reactive ketones (excluding diaryl/α,β-unsaturated/α-hetero) is 1. The SMILES string of the molecule is CC#N.CC(C)(C)[O-].CCOC(=O)C1CCCO1.COc1ccc(-n2nc(C3CCCO3)cc2N)cc1.Cc1ccc(NN)cc1.Cl.N#CCC(=O)C1CCCO1.[K+]. The maximum absolute atomic E-state index is 10.9. The van der Waals surface area contributed by atoms with Gasteiger partial charge in [0.15, 0.2) is 11.9 Å². The van der Waals surface area contributed by atoms with Crippen molar-refractivity contribution in [2.75, 3.05) is 44.7 Å². The normalized spacial score (nSPS) is 17.1. The molecule has 0 spiro atoms. The van der Waals surface area contributed by atoms with E-state index in [1.54, 1.807) is 45.6 Å². The fourth-order valence-electron chi connectivity index (χ4n) is 4.99. The van der Waals surface area contributed by atoms with E-state index in [-0.39, 0.29) is 100 Å². The summed E-state index contributed by atoms with van der Waals surface area (Å²) < 4.78 is 27.4. The Labute approximate surface area is 392 Å². The molecule has 3 fully saturated rings. The van der Waals surface area contributed by atoms with Crippen molar-refractivity contribution in [1.29, 1.82) is 10.5 Å². The number of nitrogens with two attached hydrogens (primary N) is 2. The van der Waals surface area contributed by atoms with Gasteiger partial charge in [0.2, 0.25) is 0 Å². The minimum absolute atomic E-state index is 0. The molecule has 15 nitrogen and oxygen atoms in total. The zero-order valence-electron chi connectivity index (χ0n) is 35.3. The molecule has 3 unspecified atom stereocenters. The number of rotatable bonds is 8. The number of nitriles is 2. The first-order valence-corrected chi connectivity index (χ1v) is 18.7. The Kier molecular flexibility index (Phi) is 32.1. The molecule has 17 heteroatoms. The summed E-state index contributed by atoms with van der Waals surface area (Å²) in [5, 5.41) is 30.1. The zero-order chi connectivity index (χ0) is 41.9. The Hall–Kier alpha value is -3.10. The number of aryl methyl sites for hydroxylation is 1. The Balaban J connectivity index is 0. The van der Waals surface area contributed by atoms with Gasteiger partial charge in [0.05, 0.1) is 43.7 Å². The van der Waals surface area contributed by atoms with Gasteiger partial charge in [0.25, 0.3) is 0 Å². The fourth-order valence-corrected chi connectivity index (χ4v) is 4.99. The minimum Gasteiger partial charge on any atom is -0.850 e. The fraction of sp³-hybridized carbons (Fsp3) is 0.537. The topological polar surface area (TPSA) is 233 Å². The number of benzene rings is 2. The van der Waals surface area contributed by atoms with Crippen LogP contribution in [0.15, 0.2) is 54.6 Å². The van der Waals surface area contributed by atoms with Crippen LogP contribution in [0.5, 0.6) is 5.75 Å². The van der Waals surface area contributed by atoms with Gasteiger partial charge in [0, 0.05) is 38.5 Å². The second kappa shape index (κ2) is 32.7. The van der Waals surface area contributed by atoms with Crippen LogP contribution in [0, 0.1) is 29.6 Å². The van der Waals surface area contributed by atoms with Crippen molar-refractivity contribution in [2.45, 2.75) is 110 Å². The summed E-state index contributed by atoms with van der Waals surface area (Å²) in [6.07, 6.45) is 5.15. The summed E-state index contributed by atoms with van der Waals surface area (Å²) in [5.41, 5.74) is 11.8. The van der Waals surface area contributed by atoms with E-state index in [1.807, 2.05) is 67.6 Å². The van der Waals surface area contributed by atoms with E-state index in [0.29, 0.717) is 25.6 Å². The quantitative estimate of drug-likeness (QED) is 0.128. The summed E-state index contributed by atoms with van der Waals surface area (Å²) in [6.45, 7) is 12.8. The number of hydrogen-bond donors (Lipinski definition) is 3. The monoisotopic (exact) mass is 853 g/mol. The molecule has 0 amide bonds. The molecule has 5 N–H and O–H groups in total. The van der Waals surface area contributed by atoms with Crippen LogP contribution in [0.1, 0.15) is 96.9 Å². The molecule has 6 rings (SSSR count). The van der Waals surface area contributed by atoms with E-state index in [2.05, 4.69) is 10.5 Å². The first kappa shape index (κ1) is 57.0. The number of ketones is 1. The number of anilines is 2. The molecule has 0 aliphatic carbocycles. The van der Waals surface area contributed by atoms with E-state index in [0.717, 1.165) is 68.0 Å². The number of carbonyl (C=O) groups is 2. The van der Waals surface area contributed by atoms with Crippen molar-refractivity contribution in [3.63, 3.8) is 0 Å². The predicted octanol–water partition coefficient (Wildman–Crippen LogP) is 3.07. The van der Waals surface area contributed by atoms with E-state index < -0.39 is 5.60 Å². The van der Waals surface area contributed by atoms with Gasteiger partial charge in [-0.1, -0.05) is 38.5 Å². The van der Waals surface area contributed by atoms with Crippen LogP contribution in [-0.4, -0.2) is 72.9 Å². The number of methoxy groups -OCH3 is 1. The number of hydrazine groups is 1. The molecule has 316 valence electrons. The van der Waals surface area contributed by atoms with Crippen LogP contribution in [0.4, 0.5) is 11.5 Å². The molecule has 0 radical (unpaired) electrons. The molecule has 3 saturated heterocycles. The average molecular weight is 855 g/mol. The number of esters is 1. The first-order chi connectivity index (χ1) is 26.7. The van der Waals surface area contributed by atoms with Crippen molar-refractivity contribution >= 4 is 35.7 Å². The molecule has 58 heavy (non-hydrogen) atoms. The van der Waals surface area contributed by atoms with Crippen molar-refractivity contribution in [2.24, 2.45) is 5.84 Å². The average Bonchev–Trinajstić information content (AvgIpc) is 4.01. The van der Waals surface area contributed by atoms with Crippen molar-refractivity contribution in [3.8, 4) is 23.6 Å². The summed E-state index contributed by atoms with van der Waals surface area (Å²) in [5.74, 6) is 6.31. The van der Waals surface area contributed by atoms with Gasteiger partial charge in [-0.25, -0.2) is 9.48 Å². The molecule has 0 bridgehead atoms. The molecule has 3 aliphatic heterocycles. The number of halogens is 1. The smallest absolute Gasteiger partial charge is 0.850 e. The third kappa shape index (κ3) is 24.7. The number of ether oxygens (including phenoxy) is 5. The van der Waals surface area contributed by atoms with Gasteiger partial charge in [-0.05, 0) is 88.8 Å². The number of nitrogens with zero attached hydrogens (tertiary/aromatic N) is 4. The second-order valence-corrected chi connectivity index (χ2v) is 13.5. The molecule has 4 heterocycles. The van der Waals surface area contributed by atoms with Gasteiger partial charge in [-0.3, -0.25) is 10.6 Å². The third-order valence-corrected chi connectivity index (χ3v) is 7.57. The predicted molar refractivity (Wildman–Crippen MR) is 220 cm³/mol. The first-order valence-electron chi connectivity index (χ1n) is 18.7. The summed E-state index contributed by atoms with van der Waals surface area (Å²) in [4.78, 5) is 21.8. The number of hydrogen-bond acceptors (Lipinski definition) is 14. The van der Waals surface area contributed by atoms with Crippen LogP contribution in [0.25, 0.3) is 5.69 Å². The molecule has 3 aromatic rings. The van der Waals surface area contributed by atoms with Crippen LogP contribution in [-0.2, 0) is 28.5 Å². The Morgan fingerprint density at radius 1 is 0.966 bits per heavy atom. The van der Waals surface area contributed by atoms with Crippen LogP contribution >= 0.6 is 12.4 Å². The maximum atomic E-state index is 10.9. The molecule has 3 atom stereocenters.